The van der Waals surface area contributed by atoms with Crippen LogP contribution < -0.4 is 0 Å². The lowest BCUT2D eigenvalue weighted by molar-refractivity contribution is 0.0526. The van der Waals surface area contributed by atoms with Gasteiger partial charge in [-0.25, -0.2) is 4.79 Å². The number of esters is 1. The van der Waals surface area contributed by atoms with Crippen molar-refractivity contribution < 1.29 is 14.6 Å². The molecular weight excluding hydrogens is 246 g/mol. The second kappa shape index (κ2) is 5.62. The number of ether oxygens (including phenoxy) is 1. The molecule has 0 unspecified atom stereocenters. The van der Waals surface area contributed by atoms with Crippen molar-refractivity contribution in [2.75, 3.05) is 6.61 Å². The number of hydrogen-bond acceptors (Lipinski definition) is 5. The maximum absolute atomic E-state index is 11.7. The van der Waals surface area contributed by atoms with Crippen LogP contribution in [0.5, 0.6) is 0 Å². The van der Waals surface area contributed by atoms with E-state index in [0.717, 1.165) is 5.69 Å². The van der Waals surface area contributed by atoms with Gasteiger partial charge in [0.1, 0.15) is 12.4 Å². The van der Waals surface area contributed by atoms with Gasteiger partial charge in [-0.1, -0.05) is 6.07 Å². The molecule has 0 radical (unpaired) electrons. The van der Waals surface area contributed by atoms with Crippen LogP contribution in [-0.2, 0) is 11.3 Å². The third kappa shape index (κ3) is 2.63. The number of aliphatic hydroxyl groups is 1. The maximum atomic E-state index is 11.7. The Labute approximate surface area is 110 Å². The van der Waals surface area contributed by atoms with Crippen LogP contribution in [0.4, 0.5) is 0 Å². The molecule has 0 atom stereocenters. The number of benzene rings is 1. The lowest BCUT2D eigenvalue weighted by atomic mass is 10.2. The Hall–Kier alpha value is -2.21. The smallest absolute Gasteiger partial charge is 0.338 e. The molecule has 0 spiro atoms. The summed E-state index contributed by atoms with van der Waals surface area (Å²) in [7, 11) is 0. The zero-order valence-electron chi connectivity index (χ0n) is 10.8. The van der Waals surface area contributed by atoms with Crippen molar-refractivity contribution in [2.24, 2.45) is 0 Å². The normalized spacial score (nSPS) is 10.5. The Balaban J connectivity index is 2.43. The van der Waals surface area contributed by atoms with Gasteiger partial charge >= 0.3 is 5.97 Å². The first kappa shape index (κ1) is 13.2. The monoisotopic (exact) mass is 261 g/mol. The Morgan fingerprint density at radius 1 is 1.42 bits per heavy atom. The highest BCUT2D eigenvalue weighted by Crippen LogP contribution is 2.15. The van der Waals surface area contributed by atoms with Crippen molar-refractivity contribution in [1.29, 1.82) is 0 Å². The van der Waals surface area contributed by atoms with E-state index in [-0.39, 0.29) is 12.6 Å². The van der Waals surface area contributed by atoms with Gasteiger partial charge in [0.2, 0.25) is 0 Å². The van der Waals surface area contributed by atoms with Gasteiger partial charge < -0.3 is 9.84 Å². The molecule has 0 bridgehead atoms. The molecule has 0 fully saturated rings. The largest absolute Gasteiger partial charge is 0.462 e. The van der Waals surface area contributed by atoms with E-state index in [2.05, 4.69) is 10.2 Å². The van der Waals surface area contributed by atoms with E-state index in [0.29, 0.717) is 23.8 Å². The van der Waals surface area contributed by atoms with Crippen molar-refractivity contribution in [3.8, 4) is 5.69 Å². The van der Waals surface area contributed by atoms with E-state index in [4.69, 9.17) is 4.74 Å². The molecule has 0 aliphatic heterocycles. The first-order valence-electron chi connectivity index (χ1n) is 5.96. The predicted octanol–water partition coefficient (Wildman–Crippen LogP) is 1.24. The van der Waals surface area contributed by atoms with Crippen molar-refractivity contribution in [2.45, 2.75) is 20.5 Å². The fourth-order valence-electron chi connectivity index (χ4n) is 1.83. The van der Waals surface area contributed by atoms with E-state index in [1.54, 1.807) is 36.6 Å². The number of nitrogens with zero attached hydrogens (tertiary/aromatic N) is 3. The quantitative estimate of drug-likeness (QED) is 0.838. The summed E-state index contributed by atoms with van der Waals surface area (Å²) in [4.78, 5) is 11.7. The third-order valence-electron chi connectivity index (χ3n) is 2.65. The van der Waals surface area contributed by atoms with Gasteiger partial charge in [0, 0.05) is 5.69 Å². The first-order valence-corrected chi connectivity index (χ1v) is 5.96. The zero-order chi connectivity index (χ0) is 13.8. The van der Waals surface area contributed by atoms with E-state index in [9.17, 15) is 9.90 Å². The number of rotatable bonds is 4. The molecule has 6 heteroatoms. The number of aryl methyl sites for hydroxylation is 1. The Morgan fingerprint density at radius 3 is 2.89 bits per heavy atom. The summed E-state index contributed by atoms with van der Waals surface area (Å²) in [5.41, 5.74) is 1.17. The molecule has 2 aromatic rings. The van der Waals surface area contributed by atoms with Gasteiger partial charge in [-0.15, -0.1) is 10.2 Å². The van der Waals surface area contributed by atoms with Crippen LogP contribution in [-0.4, -0.2) is 32.4 Å². The second-order valence-electron chi connectivity index (χ2n) is 3.93. The van der Waals surface area contributed by atoms with E-state index in [1.807, 2.05) is 6.07 Å². The van der Waals surface area contributed by atoms with Gasteiger partial charge in [0.25, 0.3) is 0 Å². The topological polar surface area (TPSA) is 77.2 Å². The van der Waals surface area contributed by atoms with Gasteiger partial charge in [-0.3, -0.25) is 4.57 Å². The predicted molar refractivity (Wildman–Crippen MR) is 68.0 cm³/mol. The molecule has 0 saturated carbocycles. The fraction of sp³-hybridized carbons (Fsp3) is 0.308. The molecule has 19 heavy (non-hydrogen) atoms. The Bertz CT molecular complexity index is 593. The number of aliphatic hydroxyl groups excluding tert-OH is 1. The molecule has 1 aromatic carbocycles. The summed E-state index contributed by atoms with van der Waals surface area (Å²) in [6.45, 7) is 3.65. The van der Waals surface area contributed by atoms with Gasteiger partial charge in [0.15, 0.2) is 5.82 Å². The summed E-state index contributed by atoms with van der Waals surface area (Å²) in [6, 6.07) is 6.94. The molecule has 0 aliphatic rings. The third-order valence-corrected chi connectivity index (χ3v) is 2.65. The molecule has 1 aromatic heterocycles. The highest BCUT2D eigenvalue weighted by atomic mass is 16.5. The number of carbonyl (C=O) groups excluding carboxylic acids is 1. The SMILES string of the molecule is CCOC(=O)c1cccc(-n2c(C)nnc2CO)c1. The molecule has 2 rings (SSSR count). The van der Waals surface area contributed by atoms with Gasteiger partial charge in [0.05, 0.1) is 12.2 Å². The summed E-state index contributed by atoms with van der Waals surface area (Å²) >= 11 is 0. The van der Waals surface area contributed by atoms with Crippen LogP contribution in [0.1, 0.15) is 28.9 Å². The second-order valence-corrected chi connectivity index (χ2v) is 3.93. The number of carbonyl (C=O) groups is 1. The number of hydrogen-bond donors (Lipinski definition) is 1. The van der Waals surface area contributed by atoms with Crippen LogP contribution in [0.15, 0.2) is 24.3 Å². The van der Waals surface area contributed by atoms with Crippen LogP contribution in [0, 0.1) is 6.92 Å². The standard InChI is InChI=1S/C13H15N3O3/c1-3-19-13(18)10-5-4-6-11(7-10)16-9(2)14-15-12(16)8-17/h4-7,17H,3,8H2,1-2H3. The summed E-state index contributed by atoms with van der Waals surface area (Å²) in [6.07, 6.45) is 0. The van der Waals surface area contributed by atoms with E-state index in [1.165, 1.54) is 0 Å². The van der Waals surface area contributed by atoms with Gasteiger partial charge in [-0.2, -0.15) is 0 Å². The Morgan fingerprint density at radius 2 is 2.21 bits per heavy atom. The fourth-order valence-corrected chi connectivity index (χ4v) is 1.83. The van der Waals surface area contributed by atoms with Crippen LogP contribution >= 0.6 is 0 Å². The maximum Gasteiger partial charge on any atom is 0.338 e. The first-order chi connectivity index (χ1) is 9.17. The molecular formula is C13H15N3O3. The summed E-state index contributed by atoms with van der Waals surface area (Å²) < 4.78 is 6.66. The minimum atomic E-state index is -0.374. The molecule has 1 heterocycles. The molecule has 6 nitrogen and oxygen atoms in total. The summed E-state index contributed by atoms with van der Waals surface area (Å²) in [5.74, 6) is 0.698. The molecule has 1 N–H and O–H groups in total. The molecule has 100 valence electrons. The van der Waals surface area contributed by atoms with Crippen LogP contribution in [0.25, 0.3) is 5.69 Å². The molecule has 0 aliphatic carbocycles. The number of aromatic nitrogens is 3. The highest BCUT2D eigenvalue weighted by Gasteiger charge is 2.12. The average molecular weight is 261 g/mol. The lowest BCUT2D eigenvalue weighted by Gasteiger charge is -2.09. The zero-order valence-corrected chi connectivity index (χ0v) is 10.8. The molecule has 0 saturated heterocycles. The van der Waals surface area contributed by atoms with Crippen LogP contribution in [0.2, 0.25) is 0 Å². The van der Waals surface area contributed by atoms with Crippen molar-refractivity contribution in [3.63, 3.8) is 0 Å². The van der Waals surface area contributed by atoms with Gasteiger partial charge in [-0.05, 0) is 32.0 Å². The molecule has 0 amide bonds. The van der Waals surface area contributed by atoms with Crippen molar-refractivity contribution >= 4 is 5.97 Å². The van der Waals surface area contributed by atoms with E-state index < -0.39 is 0 Å². The minimum absolute atomic E-state index is 0.218. The Kier molecular flexibility index (Phi) is 3.91. The van der Waals surface area contributed by atoms with E-state index >= 15 is 0 Å². The van der Waals surface area contributed by atoms with Crippen molar-refractivity contribution in [1.82, 2.24) is 14.8 Å². The summed E-state index contributed by atoms with van der Waals surface area (Å²) in [5, 5.41) is 17.0. The highest BCUT2D eigenvalue weighted by molar-refractivity contribution is 5.90. The van der Waals surface area contributed by atoms with Crippen molar-refractivity contribution in [3.05, 3.63) is 41.5 Å². The lowest BCUT2D eigenvalue weighted by Crippen LogP contribution is -2.07. The van der Waals surface area contributed by atoms with Crippen LogP contribution in [0.3, 0.4) is 0 Å². The minimum Gasteiger partial charge on any atom is -0.462 e. The average Bonchev–Trinajstić information content (AvgIpc) is 2.80.